The molecule has 36 heavy (non-hydrogen) atoms. The first-order valence-corrected chi connectivity index (χ1v) is 11.5. The zero-order chi connectivity index (χ0) is 25.2. The maximum Gasteiger partial charge on any atom is 0.291 e. The summed E-state index contributed by atoms with van der Waals surface area (Å²) in [5, 5.41) is 8.43. The van der Waals surface area contributed by atoms with E-state index in [1.54, 1.807) is 60.7 Å². The number of carbonyl (C=O) groups is 2. The summed E-state index contributed by atoms with van der Waals surface area (Å²) in [6.07, 6.45) is 1.43. The number of carbonyl (C=O) groups excluding carboxylic acids is 2. The second kappa shape index (κ2) is 12.2. The van der Waals surface area contributed by atoms with Crippen molar-refractivity contribution >= 4 is 40.5 Å². The third-order valence-corrected chi connectivity index (χ3v) is 5.01. The Balaban J connectivity index is 1.26. The van der Waals surface area contributed by atoms with Crippen molar-refractivity contribution < 1.29 is 23.5 Å². The van der Waals surface area contributed by atoms with Crippen LogP contribution in [0.4, 0.5) is 11.4 Å². The van der Waals surface area contributed by atoms with Crippen molar-refractivity contribution in [3.63, 3.8) is 0 Å². The van der Waals surface area contributed by atoms with E-state index in [0.717, 1.165) is 5.75 Å². The first kappa shape index (κ1) is 24.5. The third-order valence-electron chi connectivity index (χ3n) is 4.81. The van der Waals surface area contributed by atoms with Crippen LogP contribution in [0.1, 0.15) is 20.9 Å². The van der Waals surface area contributed by atoms with Gasteiger partial charge in [-0.05, 0) is 72.9 Å². The van der Waals surface area contributed by atoms with Crippen LogP contribution in [0.25, 0.3) is 0 Å². The highest BCUT2D eigenvalue weighted by Crippen LogP contribution is 2.17. The van der Waals surface area contributed by atoms with Crippen molar-refractivity contribution in [1.82, 2.24) is 5.32 Å². The Morgan fingerprint density at radius 2 is 1.42 bits per heavy atom. The SMILES string of the molecule is O=C(NC(=S)Nc1cccc(NC(=O)c2ccco2)c1)c1cccc(OCCOc2ccccc2)c1. The molecule has 0 saturated heterocycles. The predicted octanol–water partition coefficient (Wildman–Crippen LogP) is 5.12. The van der Waals surface area contributed by atoms with E-state index in [2.05, 4.69) is 16.0 Å². The number of nitrogens with one attached hydrogen (secondary N) is 3. The van der Waals surface area contributed by atoms with Crippen molar-refractivity contribution in [1.29, 1.82) is 0 Å². The van der Waals surface area contributed by atoms with Crippen LogP contribution in [0.3, 0.4) is 0 Å². The van der Waals surface area contributed by atoms with Gasteiger partial charge in [-0.3, -0.25) is 14.9 Å². The van der Waals surface area contributed by atoms with Crippen molar-refractivity contribution in [2.45, 2.75) is 0 Å². The number of anilines is 2. The number of hydrogen-bond donors (Lipinski definition) is 3. The van der Waals surface area contributed by atoms with E-state index in [0.29, 0.717) is 35.9 Å². The van der Waals surface area contributed by atoms with Crippen LogP contribution in [0.5, 0.6) is 11.5 Å². The Labute approximate surface area is 213 Å². The van der Waals surface area contributed by atoms with Gasteiger partial charge in [-0.15, -0.1) is 0 Å². The van der Waals surface area contributed by atoms with Gasteiger partial charge in [0.1, 0.15) is 24.7 Å². The van der Waals surface area contributed by atoms with Gasteiger partial charge in [0.2, 0.25) is 0 Å². The molecule has 0 radical (unpaired) electrons. The quantitative estimate of drug-likeness (QED) is 0.216. The molecule has 3 N–H and O–H groups in total. The molecular weight excluding hydrogens is 478 g/mol. The Bertz CT molecular complexity index is 1330. The Hall–Kier alpha value is -4.63. The van der Waals surface area contributed by atoms with E-state index in [1.165, 1.54) is 6.26 Å². The number of thiocarbonyl (C=S) groups is 1. The molecule has 0 bridgehead atoms. The number of amides is 2. The zero-order valence-corrected chi connectivity index (χ0v) is 19.9. The number of rotatable bonds is 9. The summed E-state index contributed by atoms with van der Waals surface area (Å²) in [4.78, 5) is 24.8. The minimum absolute atomic E-state index is 0.108. The lowest BCUT2D eigenvalue weighted by molar-refractivity contribution is 0.0974. The van der Waals surface area contributed by atoms with Crippen LogP contribution < -0.4 is 25.4 Å². The molecule has 0 aliphatic heterocycles. The second-order valence-electron chi connectivity index (χ2n) is 7.46. The first-order valence-electron chi connectivity index (χ1n) is 11.0. The fourth-order valence-electron chi connectivity index (χ4n) is 3.18. The fourth-order valence-corrected chi connectivity index (χ4v) is 3.39. The number of para-hydroxylation sites is 1. The zero-order valence-electron chi connectivity index (χ0n) is 19.1. The Morgan fingerprint density at radius 3 is 2.17 bits per heavy atom. The third kappa shape index (κ3) is 7.18. The number of benzene rings is 3. The van der Waals surface area contributed by atoms with Gasteiger partial charge in [-0.25, -0.2) is 0 Å². The smallest absolute Gasteiger partial charge is 0.291 e. The van der Waals surface area contributed by atoms with Crippen molar-refractivity contribution in [3.8, 4) is 11.5 Å². The summed E-state index contributed by atoms with van der Waals surface area (Å²) in [7, 11) is 0. The van der Waals surface area contributed by atoms with E-state index >= 15 is 0 Å². The standard InChI is InChI=1S/C27H23N3O5S/c31-25(19-7-4-12-23(17-19)34-16-15-33-22-10-2-1-3-11-22)30-27(36)29-21-9-5-8-20(18-21)28-26(32)24-13-6-14-35-24/h1-14,17-18H,15-16H2,(H,28,32)(H2,29,30,31,36). The van der Waals surface area contributed by atoms with Crippen molar-refractivity contribution in [2.24, 2.45) is 0 Å². The lowest BCUT2D eigenvalue weighted by Gasteiger charge is -2.12. The molecule has 0 spiro atoms. The van der Waals surface area contributed by atoms with Crippen LogP contribution in [-0.4, -0.2) is 30.1 Å². The van der Waals surface area contributed by atoms with Gasteiger partial charge in [0.25, 0.3) is 11.8 Å². The fraction of sp³-hybridized carbons (Fsp3) is 0.0741. The predicted molar refractivity (Wildman–Crippen MR) is 141 cm³/mol. The molecule has 0 saturated carbocycles. The van der Waals surface area contributed by atoms with Crippen LogP contribution in [0, 0.1) is 0 Å². The van der Waals surface area contributed by atoms with Crippen molar-refractivity contribution in [2.75, 3.05) is 23.8 Å². The lowest BCUT2D eigenvalue weighted by Crippen LogP contribution is -2.34. The van der Waals surface area contributed by atoms with Gasteiger partial charge in [-0.1, -0.05) is 30.3 Å². The lowest BCUT2D eigenvalue weighted by atomic mass is 10.2. The maximum atomic E-state index is 12.7. The molecule has 4 aromatic rings. The molecule has 2 amide bonds. The van der Waals surface area contributed by atoms with Crippen LogP contribution in [-0.2, 0) is 0 Å². The first-order chi connectivity index (χ1) is 17.6. The summed E-state index contributed by atoms with van der Waals surface area (Å²) in [5.41, 5.74) is 1.52. The number of hydrogen-bond acceptors (Lipinski definition) is 6. The van der Waals surface area contributed by atoms with Crippen LogP contribution in [0.15, 0.2) is 102 Å². The summed E-state index contributed by atoms with van der Waals surface area (Å²) >= 11 is 5.28. The summed E-state index contributed by atoms with van der Waals surface area (Å²) in [6.45, 7) is 0.697. The molecule has 9 heteroatoms. The van der Waals surface area contributed by atoms with E-state index in [4.69, 9.17) is 26.1 Å². The Morgan fingerprint density at radius 1 is 0.722 bits per heavy atom. The van der Waals surface area contributed by atoms with E-state index in [9.17, 15) is 9.59 Å². The molecule has 4 rings (SSSR count). The molecule has 0 atom stereocenters. The monoisotopic (exact) mass is 501 g/mol. The molecule has 0 fully saturated rings. The molecular formula is C27H23N3O5S. The summed E-state index contributed by atoms with van der Waals surface area (Å²) in [5.74, 6) is 0.743. The van der Waals surface area contributed by atoms with Gasteiger partial charge in [-0.2, -0.15) is 0 Å². The van der Waals surface area contributed by atoms with E-state index in [1.807, 2.05) is 30.3 Å². The summed E-state index contributed by atoms with van der Waals surface area (Å²) in [6, 6.07) is 26.4. The molecule has 3 aromatic carbocycles. The highest BCUT2D eigenvalue weighted by Gasteiger charge is 2.11. The molecule has 0 aliphatic rings. The van der Waals surface area contributed by atoms with Gasteiger partial charge in [0, 0.05) is 16.9 Å². The highest BCUT2D eigenvalue weighted by atomic mass is 32.1. The molecule has 1 aromatic heterocycles. The molecule has 0 unspecified atom stereocenters. The van der Waals surface area contributed by atoms with Crippen LogP contribution in [0.2, 0.25) is 0 Å². The van der Waals surface area contributed by atoms with Gasteiger partial charge in [0.15, 0.2) is 10.9 Å². The van der Waals surface area contributed by atoms with Crippen LogP contribution >= 0.6 is 12.2 Å². The minimum atomic E-state index is -0.388. The normalized spacial score (nSPS) is 10.2. The Kier molecular flexibility index (Phi) is 8.29. The largest absolute Gasteiger partial charge is 0.490 e. The average Bonchev–Trinajstić information content (AvgIpc) is 3.43. The van der Waals surface area contributed by atoms with E-state index < -0.39 is 0 Å². The second-order valence-corrected chi connectivity index (χ2v) is 7.87. The number of furan rings is 1. The molecule has 1 heterocycles. The molecule has 0 aliphatic carbocycles. The average molecular weight is 502 g/mol. The number of ether oxygens (including phenoxy) is 2. The van der Waals surface area contributed by atoms with Gasteiger partial charge in [0.05, 0.1) is 6.26 Å². The highest BCUT2D eigenvalue weighted by molar-refractivity contribution is 7.80. The topological polar surface area (TPSA) is 102 Å². The molecule has 8 nitrogen and oxygen atoms in total. The molecule has 182 valence electrons. The van der Waals surface area contributed by atoms with Crippen molar-refractivity contribution in [3.05, 3.63) is 109 Å². The minimum Gasteiger partial charge on any atom is -0.490 e. The van der Waals surface area contributed by atoms with Gasteiger partial charge >= 0.3 is 0 Å². The van der Waals surface area contributed by atoms with E-state index in [-0.39, 0.29) is 22.7 Å². The maximum absolute atomic E-state index is 12.7. The summed E-state index contributed by atoms with van der Waals surface area (Å²) < 4.78 is 16.4. The van der Waals surface area contributed by atoms with Gasteiger partial charge < -0.3 is 24.5 Å².